The summed E-state index contributed by atoms with van der Waals surface area (Å²) in [4.78, 5) is 86.0. The Morgan fingerprint density at radius 1 is 0.411 bits per heavy atom. The highest BCUT2D eigenvalue weighted by Gasteiger charge is 2.73. The van der Waals surface area contributed by atoms with Crippen molar-refractivity contribution in [3.63, 3.8) is 0 Å². The second-order valence-electron chi connectivity index (χ2n) is 34.9. The van der Waals surface area contributed by atoms with Gasteiger partial charge in [-0.2, -0.15) is 15.3 Å². The lowest BCUT2D eigenvalue weighted by atomic mass is 9.73. The number of carbonyl (C=O) groups is 6. The highest BCUT2D eigenvalue weighted by molar-refractivity contribution is 6.33. The van der Waals surface area contributed by atoms with E-state index in [1.165, 1.54) is 57.7 Å². The molecule has 0 bridgehead atoms. The second kappa shape index (κ2) is 30.5. The summed E-state index contributed by atoms with van der Waals surface area (Å²) in [7, 11) is 4.20. The Balaban J connectivity index is 0.000000114. The summed E-state index contributed by atoms with van der Waals surface area (Å²) >= 11 is 38.2. The normalized spacial score (nSPS) is 25.8. The number of halogens is 9. The number of carboxylic acids is 3. The first-order valence-corrected chi connectivity index (χ1v) is 44.3. The number of carboxylic acid groups (broad SMARTS) is 3. The van der Waals surface area contributed by atoms with Crippen LogP contribution in [0.2, 0.25) is 30.1 Å². The summed E-state index contributed by atoms with van der Waals surface area (Å²) < 4.78 is 89.0. The first kappa shape index (κ1) is 83.1. The predicted molar refractivity (Wildman–Crippen MR) is 471 cm³/mol. The molecule has 0 radical (unpaired) electrons. The molecule has 6 N–H and O–H groups in total. The second-order valence-corrected chi connectivity index (χ2v) is 37.4. The number of fused-ring (bicyclic) bond motifs is 21. The Kier molecular flexibility index (Phi) is 19.7. The van der Waals surface area contributed by atoms with Crippen LogP contribution in [-0.4, -0.2) is 174 Å². The fourth-order valence-corrected chi connectivity index (χ4v) is 23.4. The van der Waals surface area contributed by atoms with Gasteiger partial charge in [0.1, 0.15) is 87.8 Å². The number of amides is 3. The van der Waals surface area contributed by atoms with Crippen LogP contribution in [0.25, 0.3) is 32.7 Å². The number of anilines is 3. The number of hydrogen-bond acceptors (Lipinski definition) is 18. The van der Waals surface area contributed by atoms with Crippen LogP contribution in [0.15, 0.2) is 146 Å². The molecule has 3 aromatic heterocycles. The summed E-state index contributed by atoms with van der Waals surface area (Å²) in [6.07, 6.45) is 6.20. The van der Waals surface area contributed by atoms with Gasteiger partial charge in [-0.05, 0) is 164 Å². The number of nitrogens with zero attached hydrogens (tertiary/aromatic N) is 9. The average molecular weight is 1870 g/mol. The zero-order chi connectivity index (χ0) is 89.4. The van der Waals surface area contributed by atoms with E-state index in [0.717, 1.165) is 38.5 Å². The van der Waals surface area contributed by atoms with E-state index < -0.39 is 87.9 Å². The van der Waals surface area contributed by atoms with Crippen molar-refractivity contribution in [3.8, 4) is 34.9 Å². The SMILES string of the molecule is COc1cc2c3n(nc2cc1C(=O)O)[C@@H]1[C@H](CO3)N(CC2CC2)[C@@]2(C(=O)Nc3cc(Cl)ccc32)[C@H]1c1cccc(Cl)c1F.COc1cc2c3n(nc2cc1C(=O)O)[C@@H]1[C@H](CO3)N(CC2CC2)[C@@]2(C(=O)Nc3cc(Cl)ccc32)[C@H]1c1cccc(Cl)c1F.COc1cc2c3n(nc2cc1C(=O)O)[C@H]1[C@@H](CO3)N(CC2CC2)[C@]2(C(=O)Nc3cc(Cl)ccc32)[C@@H]1c1cccc(Cl)c1F. The minimum absolute atomic E-state index is 0.0429. The van der Waals surface area contributed by atoms with Crippen molar-refractivity contribution in [3.05, 3.63) is 243 Å². The van der Waals surface area contributed by atoms with Gasteiger partial charge in [0.05, 0.1) is 105 Å². The Morgan fingerprint density at radius 2 is 0.682 bits per heavy atom. The number of carbonyl (C=O) groups excluding carboxylic acids is 3. The molecule has 0 unspecified atom stereocenters. The van der Waals surface area contributed by atoms with Crippen molar-refractivity contribution in [2.24, 2.45) is 17.8 Å². The highest BCUT2D eigenvalue weighted by atomic mass is 35.5. The van der Waals surface area contributed by atoms with Crippen LogP contribution in [0.5, 0.6) is 34.9 Å². The predicted octanol–water partition coefficient (Wildman–Crippen LogP) is 17.5. The van der Waals surface area contributed by atoms with Crippen molar-refractivity contribution >= 4 is 155 Å². The first-order chi connectivity index (χ1) is 62.2. The van der Waals surface area contributed by atoms with Gasteiger partial charge in [-0.25, -0.2) is 41.6 Å². The van der Waals surface area contributed by atoms with E-state index in [-0.39, 0.29) is 121 Å². The van der Waals surface area contributed by atoms with Gasteiger partial charge >= 0.3 is 17.9 Å². The van der Waals surface area contributed by atoms with Crippen molar-refractivity contribution in [1.82, 2.24) is 44.0 Å². The van der Waals surface area contributed by atoms with E-state index in [1.807, 2.05) is 18.2 Å². The van der Waals surface area contributed by atoms with Gasteiger partial charge in [-0.1, -0.05) is 124 Å². The van der Waals surface area contributed by atoms with E-state index >= 15 is 13.2 Å². The molecule has 3 spiro atoms. The number of methoxy groups -OCH3 is 3. The lowest BCUT2D eigenvalue weighted by molar-refractivity contribution is -0.129. The minimum atomic E-state index is -1.32. The van der Waals surface area contributed by atoms with Crippen molar-refractivity contribution in [2.45, 2.75) is 109 Å². The molecule has 3 saturated heterocycles. The molecular weight excluding hydrogens is 1790 g/mol. The molecule has 3 aliphatic carbocycles. The number of ether oxygens (including phenoxy) is 6. The third kappa shape index (κ3) is 12.3. The number of aromatic nitrogens is 6. The zero-order valence-corrected chi connectivity index (χ0v) is 73.0. The topological polar surface area (TPSA) is 318 Å². The Hall–Kier alpha value is -11.6. The molecule has 12 heterocycles. The maximum atomic E-state index is 16.2. The summed E-state index contributed by atoms with van der Waals surface area (Å²) in [5, 5.41) is 56.1. The molecule has 6 fully saturated rings. The Bertz CT molecular complexity index is 6270. The molecule has 9 aromatic carbocycles. The van der Waals surface area contributed by atoms with Crippen LogP contribution in [-0.2, 0) is 31.0 Å². The summed E-state index contributed by atoms with van der Waals surface area (Å²) in [5.74, 6) is -5.63. The van der Waals surface area contributed by atoms with Crippen molar-refractivity contribution < 1.29 is 85.7 Å². The van der Waals surface area contributed by atoms with Gasteiger partial charge in [0.25, 0.3) is 0 Å². The maximum Gasteiger partial charge on any atom is 0.339 e. The smallest absolute Gasteiger partial charge is 0.339 e. The molecule has 3 saturated carbocycles. The average Bonchev–Trinajstić information content (AvgIpc) is 1.52. The van der Waals surface area contributed by atoms with Gasteiger partial charge in [-0.3, -0.25) is 29.1 Å². The van der Waals surface area contributed by atoms with Gasteiger partial charge in [0, 0.05) is 86.2 Å². The lowest BCUT2D eigenvalue weighted by Gasteiger charge is -2.39. The molecule has 12 atom stereocenters. The third-order valence-electron chi connectivity index (χ3n) is 28.1. The molecule has 660 valence electrons. The van der Waals surface area contributed by atoms with Crippen LogP contribution in [0.4, 0.5) is 30.2 Å². The van der Waals surface area contributed by atoms with Crippen LogP contribution in [0.3, 0.4) is 0 Å². The number of nitrogens with one attached hydrogen (secondary N) is 3. The van der Waals surface area contributed by atoms with Gasteiger partial charge in [-0.15, -0.1) is 0 Å². The van der Waals surface area contributed by atoms with Crippen LogP contribution >= 0.6 is 69.6 Å². The van der Waals surface area contributed by atoms with Crippen LogP contribution in [0, 0.1) is 35.2 Å². The van der Waals surface area contributed by atoms with E-state index in [9.17, 15) is 44.1 Å². The fraction of sp³-hybridized carbons (Fsp3) is 0.323. The summed E-state index contributed by atoms with van der Waals surface area (Å²) in [6, 6.07) is 36.7. The first-order valence-electron chi connectivity index (χ1n) is 42.1. The van der Waals surface area contributed by atoms with E-state index in [1.54, 1.807) is 105 Å². The largest absolute Gasteiger partial charge is 0.496 e. The molecule has 24 rings (SSSR count). The van der Waals surface area contributed by atoms with Crippen LogP contribution < -0.4 is 44.4 Å². The van der Waals surface area contributed by atoms with Crippen molar-refractivity contribution in [2.75, 3.05) is 76.7 Å². The molecule has 12 aromatic rings. The quantitative estimate of drug-likeness (QED) is 0.0555. The monoisotopic (exact) mass is 1870 g/mol. The molecule has 12 aliphatic rings. The van der Waals surface area contributed by atoms with Gasteiger partial charge in [0.2, 0.25) is 35.4 Å². The molecule has 129 heavy (non-hydrogen) atoms. The van der Waals surface area contributed by atoms with Gasteiger partial charge < -0.3 is 59.7 Å². The summed E-state index contributed by atoms with van der Waals surface area (Å²) in [6.45, 7) is 2.43. The fourth-order valence-electron chi connectivity index (χ4n) is 22.4. The number of benzene rings is 9. The number of hydrogen-bond donors (Lipinski definition) is 6. The van der Waals surface area contributed by atoms with E-state index in [2.05, 4.69) is 30.7 Å². The van der Waals surface area contributed by atoms with Crippen molar-refractivity contribution in [1.29, 1.82) is 0 Å². The third-order valence-corrected chi connectivity index (χ3v) is 29.7. The van der Waals surface area contributed by atoms with Crippen LogP contribution in [0.1, 0.15) is 139 Å². The maximum absolute atomic E-state index is 16.2. The van der Waals surface area contributed by atoms with E-state index in [0.29, 0.717) is 137 Å². The molecule has 27 nitrogen and oxygen atoms in total. The number of rotatable bonds is 15. The number of aromatic carboxylic acids is 3. The minimum Gasteiger partial charge on any atom is -0.496 e. The Labute approximate surface area is 761 Å². The molecule has 9 aliphatic heterocycles. The Morgan fingerprint density at radius 3 is 0.930 bits per heavy atom. The molecule has 3 amide bonds. The highest BCUT2D eigenvalue weighted by Crippen LogP contribution is 2.69. The lowest BCUT2D eigenvalue weighted by Crippen LogP contribution is -2.54. The van der Waals surface area contributed by atoms with E-state index in [4.69, 9.17) is 113 Å². The zero-order valence-electron chi connectivity index (χ0n) is 68.4. The molecule has 36 heteroatoms. The number of likely N-dealkylation sites (tertiary alicyclic amines) is 3. The van der Waals surface area contributed by atoms with Gasteiger partial charge in [0.15, 0.2) is 0 Å². The standard InChI is InChI=1S/3C31H25Cl2FN4O5/c3*1-42-24-11-17-21(10-18(24)29(39)40)36-38-27-23(13-43-28(17)38)37(12-14-5-6-14)31(25(27)16-3-2-4-20(33)26(16)34)19-8-7-15(32)9-22(19)35-30(31)41/h3*2-4,7-11,14,23,25,27H,5-6,12-13H2,1H3,(H,35,41)(H,39,40)/t3*23-,25-,27+,31+/m100/s1. The molecular formula is C93H75Cl6F3N12O15. The summed E-state index contributed by atoms with van der Waals surface area (Å²) in [5.41, 5.74) is 1.76.